The number of alkyl halides is 3. The molecule has 0 bridgehead atoms. The van der Waals surface area contributed by atoms with Crippen LogP contribution >= 0.6 is 0 Å². The smallest absolute Gasteiger partial charge is 0.350 e. The summed E-state index contributed by atoms with van der Waals surface area (Å²) in [6, 6.07) is 3.11. The van der Waals surface area contributed by atoms with Crippen molar-refractivity contribution in [2.75, 3.05) is 18.4 Å². The van der Waals surface area contributed by atoms with Crippen molar-refractivity contribution < 1.29 is 13.2 Å². The van der Waals surface area contributed by atoms with Crippen LogP contribution in [-0.2, 0) is 6.18 Å². The highest BCUT2D eigenvalue weighted by molar-refractivity contribution is 5.82. The number of piperidine rings is 1. The summed E-state index contributed by atoms with van der Waals surface area (Å²) in [6.45, 7) is 1.60. The maximum absolute atomic E-state index is 13.6. The predicted molar refractivity (Wildman–Crippen MR) is 97.0 cm³/mol. The molecule has 10 heteroatoms. The normalized spacial score (nSPS) is 17.6. The molecule has 0 aliphatic carbocycles. The van der Waals surface area contributed by atoms with Crippen molar-refractivity contribution in [3.63, 3.8) is 0 Å². The van der Waals surface area contributed by atoms with Crippen LogP contribution in [0.15, 0.2) is 35.5 Å². The van der Waals surface area contributed by atoms with Crippen LogP contribution in [0, 0.1) is 0 Å². The fraction of sp³-hybridized carbons (Fsp3) is 0.333. The Bertz CT molecular complexity index is 1010. The number of aromatic nitrogens is 4. The summed E-state index contributed by atoms with van der Waals surface area (Å²) in [4.78, 5) is 26.5. The minimum absolute atomic E-state index is 0.0357. The van der Waals surface area contributed by atoms with Crippen LogP contribution in [0.25, 0.3) is 22.5 Å². The van der Waals surface area contributed by atoms with Gasteiger partial charge in [-0.1, -0.05) is 6.07 Å². The van der Waals surface area contributed by atoms with E-state index in [9.17, 15) is 18.0 Å². The number of aromatic amines is 1. The Morgan fingerprint density at radius 1 is 1.14 bits per heavy atom. The lowest BCUT2D eigenvalue weighted by Gasteiger charge is -2.24. The molecule has 28 heavy (non-hydrogen) atoms. The highest BCUT2D eigenvalue weighted by Gasteiger charge is 2.36. The number of halogens is 3. The lowest BCUT2D eigenvalue weighted by molar-refractivity contribution is -0.137. The van der Waals surface area contributed by atoms with E-state index in [1.165, 1.54) is 24.5 Å². The summed E-state index contributed by atoms with van der Waals surface area (Å²) < 4.78 is 40.8. The molecule has 3 aliphatic rings. The molecule has 0 amide bonds. The third kappa shape index (κ3) is 3.55. The molecular formula is C18H17F3N6O. The van der Waals surface area contributed by atoms with Gasteiger partial charge in [0.15, 0.2) is 0 Å². The topological polar surface area (TPSA) is 95.6 Å². The molecule has 7 nitrogen and oxygen atoms in total. The monoisotopic (exact) mass is 390 g/mol. The van der Waals surface area contributed by atoms with Crippen LogP contribution in [0.5, 0.6) is 0 Å². The van der Waals surface area contributed by atoms with Crippen molar-refractivity contribution in [3.05, 3.63) is 46.6 Å². The van der Waals surface area contributed by atoms with Crippen molar-refractivity contribution in [1.82, 2.24) is 25.3 Å². The van der Waals surface area contributed by atoms with Crippen molar-refractivity contribution in [3.8, 4) is 22.5 Å². The Kier molecular flexibility index (Phi) is 4.71. The van der Waals surface area contributed by atoms with Gasteiger partial charge in [-0.3, -0.25) is 4.79 Å². The number of nitrogens with one attached hydrogen (secondary N) is 3. The summed E-state index contributed by atoms with van der Waals surface area (Å²) in [6.07, 6.45) is 0.603. The SMILES string of the molecule is O=c1[nH]cccc2c(-c3nc(N[C@H]4CCCNC4)ncc3C(F)(F)F)cnc1-2. The lowest BCUT2D eigenvalue weighted by atomic mass is 10.0. The molecule has 1 saturated heterocycles. The summed E-state index contributed by atoms with van der Waals surface area (Å²) >= 11 is 0. The van der Waals surface area contributed by atoms with Gasteiger partial charge in [-0.25, -0.2) is 15.0 Å². The van der Waals surface area contributed by atoms with E-state index in [0.29, 0.717) is 12.1 Å². The van der Waals surface area contributed by atoms with E-state index < -0.39 is 17.3 Å². The van der Waals surface area contributed by atoms with E-state index in [2.05, 4.69) is 30.6 Å². The van der Waals surface area contributed by atoms with Crippen LogP contribution in [0.3, 0.4) is 0 Å². The minimum atomic E-state index is -4.65. The molecule has 146 valence electrons. The standard InChI is InChI=1S/C18H17F3N6O/c19-18(20,21)13-9-25-17(26-10-3-1-5-22-7-10)27-14(13)12-8-24-15-11(12)4-2-6-23-16(15)28/h2,4,6,8-10,22H,1,3,5,7H2,(H,23,28)(H,25,26,27)/t10-/m0/s1. The number of hydrogen-bond acceptors (Lipinski definition) is 6. The first-order valence-corrected chi connectivity index (χ1v) is 8.82. The Labute approximate surface area is 157 Å². The van der Waals surface area contributed by atoms with Gasteiger partial charge in [0.1, 0.15) is 11.3 Å². The molecule has 4 rings (SSSR count). The van der Waals surface area contributed by atoms with Gasteiger partial charge >= 0.3 is 6.18 Å². The van der Waals surface area contributed by atoms with Gasteiger partial charge in [-0.15, -0.1) is 0 Å². The van der Waals surface area contributed by atoms with Crippen molar-refractivity contribution >= 4 is 5.95 Å². The minimum Gasteiger partial charge on any atom is -0.350 e. The highest BCUT2D eigenvalue weighted by atomic mass is 19.4. The Hall–Kier alpha value is -3.01. The number of nitrogens with zero attached hydrogens (tertiary/aromatic N) is 3. The first-order valence-electron chi connectivity index (χ1n) is 8.82. The van der Waals surface area contributed by atoms with Crippen LogP contribution in [0.2, 0.25) is 0 Å². The van der Waals surface area contributed by atoms with Gasteiger partial charge in [-0.05, 0) is 25.5 Å². The van der Waals surface area contributed by atoms with Gasteiger partial charge in [-0.2, -0.15) is 13.2 Å². The Morgan fingerprint density at radius 3 is 2.75 bits per heavy atom. The largest absolute Gasteiger partial charge is 0.419 e. The Morgan fingerprint density at radius 2 is 2.00 bits per heavy atom. The second kappa shape index (κ2) is 7.19. The first-order chi connectivity index (χ1) is 13.4. The van der Waals surface area contributed by atoms with Gasteiger partial charge in [0.05, 0.1) is 5.69 Å². The third-order valence-corrected chi connectivity index (χ3v) is 4.64. The summed E-state index contributed by atoms with van der Waals surface area (Å²) in [5.41, 5.74) is -1.28. The molecule has 1 aromatic rings. The van der Waals surface area contributed by atoms with Crippen LogP contribution in [0.4, 0.5) is 19.1 Å². The van der Waals surface area contributed by atoms with Gasteiger partial charge in [0.25, 0.3) is 5.56 Å². The fourth-order valence-corrected chi connectivity index (χ4v) is 3.29. The summed E-state index contributed by atoms with van der Waals surface area (Å²) in [5.74, 6) is 0.111. The zero-order chi connectivity index (χ0) is 19.7. The molecule has 4 heterocycles. The van der Waals surface area contributed by atoms with Gasteiger partial charge in [0.2, 0.25) is 5.95 Å². The van der Waals surface area contributed by atoms with E-state index in [1.54, 1.807) is 0 Å². The van der Waals surface area contributed by atoms with E-state index >= 15 is 0 Å². The average molecular weight is 390 g/mol. The van der Waals surface area contributed by atoms with Crippen LogP contribution in [0.1, 0.15) is 18.4 Å². The molecule has 1 aromatic heterocycles. The van der Waals surface area contributed by atoms with E-state index in [-0.39, 0.29) is 28.9 Å². The summed E-state index contributed by atoms with van der Waals surface area (Å²) in [7, 11) is 0. The van der Waals surface area contributed by atoms with Crippen molar-refractivity contribution in [2.45, 2.75) is 25.1 Å². The lowest BCUT2D eigenvalue weighted by Crippen LogP contribution is -2.38. The highest BCUT2D eigenvalue weighted by Crippen LogP contribution is 2.39. The number of rotatable bonds is 3. The number of hydrogen-bond donors (Lipinski definition) is 3. The van der Waals surface area contributed by atoms with E-state index in [0.717, 1.165) is 25.6 Å². The number of H-pyrrole nitrogens is 1. The molecule has 0 spiro atoms. The molecule has 0 aromatic carbocycles. The molecule has 3 aliphatic heterocycles. The maximum Gasteiger partial charge on any atom is 0.419 e. The molecular weight excluding hydrogens is 373 g/mol. The van der Waals surface area contributed by atoms with E-state index in [4.69, 9.17) is 0 Å². The molecule has 0 radical (unpaired) electrons. The van der Waals surface area contributed by atoms with Crippen molar-refractivity contribution in [1.29, 1.82) is 0 Å². The second-order valence-electron chi connectivity index (χ2n) is 6.57. The second-order valence-corrected chi connectivity index (χ2v) is 6.57. The number of anilines is 1. The maximum atomic E-state index is 13.6. The summed E-state index contributed by atoms with van der Waals surface area (Å²) in [5, 5.41) is 6.31. The molecule has 3 N–H and O–H groups in total. The first kappa shape index (κ1) is 18.4. The fourth-order valence-electron chi connectivity index (χ4n) is 3.29. The molecule has 0 unspecified atom stereocenters. The quantitative estimate of drug-likeness (QED) is 0.636. The van der Waals surface area contributed by atoms with Gasteiger partial charge < -0.3 is 15.6 Å². The molecule has 0 saturated carbocycles. The van der Waals surface area contributed by atoms with Crippen LogP contribution < -0.4 is 16.2 Å². The third-order valence-electron chi connectivity index (χ3n) is 4.64. The van der Waals surface area contributed by atoms with Crippen LogP contribution in [-0.4, -0.2) is 39.1 Å². The Balaban J connectivity index is 1.81. The average Bonchev–Trinajstić information content (AvgIpc) is 3.00. The number of fused-ring (bicyclic) bond motifs is 1. The molecule has 1 atom stereocenters. The zero-order valence-electron chi connectivity index (χ0n) is 14.7. The zero-order valence-corrected chi connectivity index (χ0v) is 14.7. The predicted octanol–water partition coefficient (Wildman–Crippen LogP) is 2.51. The van der Waals surface area contributed by atoms with Crippen molar-refractivity contribution in [2.24, 2.45) is 0 Å². The molecule has 1 fully saturated rings. The van der Waals surface area contributed by atoms with Gasteiger partial charge in [0, 0.05) is 42.3 Å². The van der Waals surface area contributed by atoms with E-state index in [1.807, 2.05) is 0 Å².